The molecule has 0 aliphatic carbocycles. The second-order valence-corrected chi connectivity index (χ2v) is 5.26. The van der Waals surface area contributed by atoms with Crippen molar-refractivity contribution >= 4 is 0 Å². The van der Waals surface area contributed by atoms with E-state index in [2.05, 4.69) is 29.0 Å². The predicted octanol–water partition coefficient (Wildman–Crippen LogP) is 1.89. The molecule has 19 heavy (non-hydrogen) atoms. The molecule has 1 aliphatic heterocycles. The van der Waals surface area contributed by atoms with Crippen molar-refractivity contribution in [3.63, 3.8) is 0 Å². The van der Waals surface area contributed by atoms with Gasteiger partial charge in [0, 0.05) is 36.5 Å². The van der Waals surface area contributed by atoms with Gasteiger partial charge in [-0.2, -0.15) is 0 Å². The fourth-order valence-corrected chi connectivity index (χ4v) is 2.87. The summed E-state index contributed by atoms with van der Waals surface area (Å²) < 4.78 is 5.49. The van der Waals surface area contributed by atoms with Crippen LogP contribution in [0.1, 0.15) is 30.2 Å². The van der Waals surface area contributed by atoms with Gasteiger partial charge in [0.1, 0.15) is 5.75 Å². The van der Waals surface area contributed by atoms with E-state index in [1.165, 1.54) is 12.0 Å². The maximum absolute atomic E-state index is 5.49. The van der Waals surface area contributed by atoms with Gasteiger partial charge in [-0.3, -0.25) is 9.88 Å². The van der Waals surface area contributed by atoms with Crippen molar-refractivity contribution < 1.29 is 4.74 Å². The first-order valence-electron chi connectivity index (χ1n) is 7.11. The summed E-state index contributed by atoms with van der Waals surface area (Å²) in [7, 11) is 1.73. The van der Waals surface area contributed by atoms with Crippen LogP contribution in [-0.2, 0) is 6.54 Å². The van der Waals surface area contributed by atoms with E-state index in [0.29, 0.717) is 6.04 Å². The molecule has 0 spiro atoms. The highest BCUT2D eigenvalue weighted by molar-refractivity contribution is 5.41. The van der Waals surface area contributed by atoms with Crippen molar-refractivity contribution in [3.8, 4) is 5.75 Å². The highest BCUT2D eigenvalue weighted by Gasteiger charge is 2.22. The first kappa shape index (κ1) is 14.3. The lowest BCUT2D eigenvalue weighted by Gasteiger charge is -2.27. The van der Waals surface area contributed by atoms with E-state index in [1.54, 1.807) is 7.11 Å². The Morgan fingerprint density at radius 3 is 2.84 bits per heavy atom. The van der Waals surface area contributed by atoms with Gasteiger partial charge in [0.25, 0.3) is 0 Å². The molecule has 1 unspecified atom stereocenters. The monoisotopic (exact) mass is 263 g/mol. The third-order valence-corrected chi connectivity index (χ3v) is 4.06. The highest BCUT2D eigenvalue weighted by Crippen LogP contribution is 2.25. The standard InChI is InChI=1S/C15H25N3O/c1-5-18(13-6-7-16-9-13)10-14-12(3)15(19-4)11(2)8-17-14/h8,13,16H,5-7,9-10H2,1-4H3. The van der Waals surface area contributed by atoms with E-state index < -0.39 is 0 Å². The van der Waals surface area contributed by atoms with Gasteiger partial charge < -0.3 is 10.1 Å². The summed E-state index contributed by atoms with van der Waals surface area (Å²) in [5.41, 5.74) is 3.41. The third-order valence-electron chi connectivity index (χ3n) is 4.06. The lowest BCUT2D eigenvalue weighted by atomic mass is 10.1. The summed E-state index contributed by atoms with van der Waals surface area (Å²) in [6, 6.07) is 0.637. The second kappa shape index (κ2) is 6.35. The maximum Gasteiger partial charge on any atom is 0.128 e. The zero-order valence-electron chi connectivity index (χ0n) is 12.5. The van der Waals surface area contributed by atoms with E-state index in [4.69, 9.17) is 4.74 Å². The van der Waals surface area contributed by atoms with Crippen molar-refractivity contribution in [2.75, 3.05) is 26.7 Å². The number of ether oxygens (including phenoxy) is 1. The van der Waals surface area contributed by atoms with Crippen LogP contribution >= 0.6 is 0 Å². The molecule has 2 rings (SSSR count). The average Bonchev–Trinajstić information content (AvgIpc) is 2.92. The molecule has 1 saturated heterocycles. The summed E-state index contributed by atoms with van der Waals surface area (Å²) in [4.78, 5) is 7.11. The predicted molar refractivity (Wildman–Crippen MR) is 77.6 cm³/mol. The number of aryl methyl sites for hydroxylation is 1. The number of hydrogen-bond donors (Lipinski definition) is 1. The smallest absolute Gasteiger partial charge is 0.128 e. The Morgan fingerprint density at radius 1 is 1.47 bits per heavy atom. The Balaban J connectivity index is 2.17. The molecule has 106 valence electrons. The van der Waals surface area contributed by atoms with E-state index in [1.807, 2.05) is 13.1 Å². The van der Waals surface area contributed by atoms with Crippen LogP contribution in [0.3, 0.4) is 0 Å². The van der Waals surface area contributed by atoms with E-state index >= 15 is 0 Å². The minimum Gasteiger partial charge on any atom is -0.496 e. The van der Waals surface area contributed by atoms with Gasteiger partial charge in [0.2, 0.25) is 0 Å². The summed E-state index contributed by atoms with van der Waals surface area (Å²) in [6.45, 7) is 10.6. The molecule has 0 bridgehead atoms. The van der Waals surface area contributed by atoms with Crippen molar-refractivity contribution in [1.82, 2.24) is 15.2 Å². The molecule has 2 heterocycles. The van der Waals surface area contributed by atoms with Crippen LogP contribution in [0.2, 0.25) is 0 Å². The van der Waals surface area contributed by atoms with Crippen molar-refractivity contribution in [2.24, 2.45) is 0 Å². The first-order chi connectivity index (χ1) is 9.17. The number of rotatable bonds is 5. The van der Waals surface area contributed by atoms with Gasteiger partial charge >= 0.3 is 0 Å². The molecule has 1 aliphatic rings. The Labute approximate surface area is 116 Å². The van der Waals surface area contributed by atoms with Crippen LogP contribution in [0.4, 0.5) is 0 Å². The van der Waals surface area contributed by atoms with E-state index in [0.717, 1.165) is 43.2 Å². The molecular weight excluding hydrogens is 238 g/mol. The molecule has 1 fully saturated rings. The van der Waals surface area contributed by atoms with Gasteiger partial charge in [-0.15, -0.1) is 0 Å². The number of aromatic nitrogens is 1. The Morgan fingerprint density at radius 2 is 2.26 bits per heavy atom. The van der Waals surface area contributed by atoms with Crippen molar-refractivity contribution in [1.29, 1.82) is 0 Å². The van der Waals surface area contributed by atoms with Crippen LogP contribution in [0.15, 0.2) is 6.20 Å². The van der Waals surface area contributed by atoms with E-state index in [-0.39, 0.29) is 0 Å². The lowest BCUT2D eigenvalue weighted by molar-refractivity contribution is 0.207. The zero-order valence-corrected chi connectivity index (χ0v) is 12.5. The summed E-state index contributed by atoms with van der Waals surface area (Å²) in [5.74, 6) is 0.977. The van der Waals surface area contributed by atoms with Gasteiger partial charge in [-0.1, -0.05) is 6.92 Å². The Hall–Kier alpha value is -1.13. The molecule has 0 aromatic carbocycles. The second-order valence-electron chi connectivity index (χ2n) is 5.26. The molecule has 4 heteroatoms. The largest absolute Gasteiger partial charge is 0.496 e. The average molecular weight is 263 g/mol. The molecule has 1 aromatic heterocycles. The fourth-order valence-electron chi connectivity index (χ4n) is 2.87. The number of nitrogens with zero attached hydrogens (tertiary/aromatic N) is 2. The molecular formula is C15H25N3O. The summed E-state index contributed by atoms with van der Waals surface area (Å²) >= 11 is 0. The minimum absolute atomic E-state index is 0.637. The fraction of sp³-hybridized carbons (Fsp3) is 0.667. The molecule has 4 nitrogen and oxygen atoms in total. The van der Waals surface area contributed by atoms with Gasteiger partial charge in [-0.25, -0.2) is 0 Å². The molecule has 0 amide bonds. The third kappa shape index (κ3) is 3.07. The lowest BCUT2D eigenvalue weighted by Crippen LogP contribution is -2.36. The van der Waals surface area contributed by atoms with Crippen LogP contribution in [0.5, 0.6) is 5.75 Å². The van der Waals surface area contributed by atoms with Crippen molar-refractivity contribution in [2.45, 2.75) is 39.8 Å². The number of pyridine rings is 1. The van der Waals surface area contributed by atoms with Crippen LogP contribution < -0.4 is 10.1 Å². The zero-order chi connectivity index (χ0) is 13.8. The normalized spacial score (nSPS) is 19.1. The number of likely N-dealkylation sites (N-methyl/N-ethyl adjacent to an activating group) is 1. The van der Waals surface area contributed by atoms with Crippen LogP contribution in [-0.4, -0.2) is 42.7 Å². The molecule has 1 atom stereocenters. The van der Waals surface area contributed by atoms with Crippen LogP contribution in [0.25, 0.3) is 0 Å². The van der Waals surface area contributed by atoms with E-state index in [9.17, 15) is 0 Å². The quantitative estimate of drug-likeness (QED) is 0.880. The van der Waals surface area contributed by atoms with Gasteiger partial charge in [0.05, 0.1) is 12.8 Å². The highest BCUT2D eigenvalue weighted by atomic mass is 16.5. The number of methoxy groups -OCH3 is 1. The van der Waals surface area contributed by atoms with Gasteiger partial charge in [0.15, 0.2) is 0 Å². The molecule has 1 N–H and O–H groups in total. The first-order valence-corrected chi connectivity index (χ1v) is 7.11. The minimum atomic E-state index is 0.637. The van der Waals surface area contributed by atoms with Crippen LogP contribution in [0, 0.1) is 13.8 Å². The Bertz CT molecular complexity index is 428. The van der Waals surface area contributed by atoms with Gasteiger partial charge in [-0.05, 0) is 33.4 Å². The number of nitrogens with one attached hydrogen (secondary N) is 1. The maximum atomic E-state index is 5.49. The Kier molecular flexibility index (Phi) is 4.77. The molecule has 0 saturated carbocycles. The number of hydrogen-bond acceptors (Lipinski definition) is 4. The molecule has 0 radical (unpaired) electrons. The SMILES string of the molecule is CCN(Cc1ncc(C)c(OC)c1C)C1CCNC1. The molecule has 1 aromatic rings. The van der Waals surface area contributed by atoms with Crippen molar-refractivity contribution in [3.05, 3.63) is 23.0 Å². The summed E-state index contributed by atoms with van der Waals surface area (Å²) in [6.07, 6.45) is 3.15. The topological polar surface area (TPSA) is 37.4 Å². The summed E-state index contributed by atoms with van der Waals surface area (Å²) in [5, 5.41) is 3.43.